The van der Waals surface area contributed by atoms with Crippen LogP contribution in [0.2, 0.25) is 0 Å². The van der Waals surface area contributed by atoms with Crippen molar-refractivity contribution < 1.29 is 13.2 Å². The quantitative estimate of drug-likeness (QED) is 0.453. The Morgan fingerprint density at radius 3 is 1.84 bits per heavy atom. The van der Waals surface area contributed by atoms with E-state index in [0.717, 1.165) is 16.7 Å². The van der Waals surface area contributed by atoms with Crippen LogP contribution < -0.4 is 4.72 Å². The van der Waals surface area contributed by atoms with E-state index in [1.54, 1.807) is 31.4 Å². The van der Waals surface area contributed by atoms with Crippen molar-refractivity contribution in [1.29, 1.82) is 0 Å². The molecule has 0 aromatic heterocycles. The predicted octanol–water partition coefficient (Wildman–Crippen LogP) is 5.51. The molecule has 0 aliphatic carbocycles. The van der Waals surface area contributed by atoms with E-state index >= 15 is 0 Å². The molecule has 3 aromatic rings. The molecule has 0 saturated carbocycles. The normalized spacial score (nSPS) is 13.4. The molecule has 2 atom stereocenters. The zero-order valence-electron chi connectivity index (χ0n) is 17.8. The van der Waals surface area contributed by atoms with Crippen molar-refractivity contribution in [3.63, 3.8) is 0 Å². The van der Waals surface area contributed by atoms with Crippen LogP contribution in [0, 0.1) is 6.92 Å². The molecule has 3 aromatic carbocycles. The predicted molar refractivity (Wildman–Crippen MR) is 125 cm³/mol. The molecule has 0 aliphatic rings. The molecule has 31 heavy (non-hydrogen) atoms. The van der Waals surface area contributed by atoms with Gasteiger partial charge in [-0.1, -0.05) is 91.5 Å². The Hall–Kier alpha value is -2.99. The van der Waals surface area contributed by atoms with Crippen LogP contribution in [-0.4, -0.2) is 15.5 Å². The Morgan fingerprint density at radius 1 is 0.806 bits per heavy atom. The number of hydrogen-bond acceptors (Lipinski definition) is 3. The third-order valence-electron chi connectivity index (χ3n) is 5.15. The second-order valence-corrected chi connectivity index (χ2v) is 9.07. The molecule has 0 radical (unpaired) electrons. The molecule has 5 heteroatoms. The van der Waals surface area contributed by atoms with Crippen LogP contribution in [0.25, 0.3) is 0 Å². The highest BCUT2D eigenvalue weighted by molar-refractivity contribution is 7.89. The van der Waals surface area contributed by atoms with Crippen LogP contribution in [0.1, 0.15) is 28.8 Å². The molecule has 0 aliphatic heterocycles. The van der Waals surface area contributed by atoms with Crippen LogP contribution in [-0.2, 0) is 14.8 Å². The van der Waals surface area contributed by atoms with Crippen LogP contribution in [0.3, 0.4) is 0 Å². The fraction of sp³-hybridized carbons (Fsp3) is 0.154. The lowest BCUT2D eigenvalue weighted by atomic mass is 9.90. The monoisotopic (exact) mass is 433 g/mol. The molecule has 4 nitrogen and oxygen atoms in total. The number of sulfonamides is 1. The third-order valence-corrected chi connectivity index (χ3v) is 6.59. The van der Waals surface area contributed by atoms with E-state index < -0.39 is 22.2 Å². The van der Waals surface area contributed by atoms with Gasteiger partial charge in [0.2, 0.25) is 10.0 Å². The van der Waals surface area contributed by atoms with E-state index in [1.807, 2.05) is 67.6 Å². The fourth-order valence-corrected chi connectivity index (χ4v) is 4.61. The average Bonchev–Trinajstić information content (AvgIpc) is 2.79. The number of aryl methyl sites for hydroxylation is 1. The fourth-order valence-electron chi connectivity index (χ4n) is 3.39. The Labute approximate surface area is 185 Å². The maximum Gasteiger partial charge on any atom is 0.241 e. The molecule has 0 fully saturated rings. The summed E-state index contributed by atoms with van der Waals surface area (Å²) in [5.74, 6) is 0. The summed E-state index contributed by atoms with van der Waals surface area (Å²) in [6.07, 6.45) is -0.441. The zero-order chi connectivity index (χ0) is 22.4. The van der Waals surface area contributed by atoms with Gasteiger partial charge >= 0.3 is 0 Å². The van der Waals surface area contributed by atoms with E-state index in [0.29, 0.717) is 11.1 Å². The van der Waals surface area contributed by atoms with Crippen molar-refractivity contribution in [1.82, 2.24) is 4.72 Å². The maximum atomic E-state index is 13.2. The summed E-state index contributed by atoms with van der Waals surface area (Å²) in [6, 6.07) is 25.1. The van der Waals surface area contributed by atoms with Crippen LogP contribution in [0.4, 0.5) is 0 Å². The smallest absolute Gasteiger partial charge is 0.241 e. The minimum Gasteiger partial charge on any atom is -0.372 e. The molecule has 0 amide bonds. The topological polar surface area (TPSA) is 55.4 Å². The highest BCUT2D eigenvalue weighted by Gasteiger charge is 2.28. The SMILES string of the molecule is C=C(C(=C)[C@H](NS(=O)(=O)c1ccc(C)cc1)c1ccccc1)[C@@H](OC)c1ccccc1. The second kappa shape index (κ2) is 9.88. The first-order valence-corrected chi connectivity index (χ1v) is 11.4. The average molecular weight is 434 g/mol. The molecule has 0 unspecified atom stereocenters. The number of rotatable bonds is 9. The lowest BCUT2D eigenvalue weighted by molar-refractivity contribution is 0.134. The van der Waals surface area contributed by atoms with E-state index in [2.05, 4.69) is 17.9 Å². The molecular formula is C26H27NO3S. The van der Waals surface area contributed by atoms with Gasteiger partial charge in [0.1, 0.15) is 6.10 Å². The minimum absolute atomic E-state index is 0.198. The second-order valence-electron chi connectivity index (χ2n) is 7.35. The minimum atomic E-state index is -3.79. The zero-order valence-corrected chi connectivity index (χ0v) is 18.6. The van der Waals surface area contributed by atoms with Gasteiger partial charge < -0.3 is 4.74 Å². The van der Waals surface area contributed by atoms with Crippen molar-refractivity contribution >= 4 is 10.0 Å². The summed E-state index contributed by atoms with van der Waals surface area (Å²) in [5.41, 5.74) is 3.82. The van der Waals surface area contributed by atoms with Crippen molar-refractivity contribution in [3.05, 3.63) is 126 Å². The van der Waals surface area contributed by atoms with E-state index in [9.17, 15) is 8.42 Å². The van der Waals surface area contributed by atoms with Gasteiger partial charge in [0, 0.05) is 7.11 Å². The van der Waals surface area contributed by atoms with Crippen LogP contribution in [0.5, 0.6) is 0 Å². The van der Waals surface area contributed by atoms with Crippen molar-refractivity contribution in [2.45, 2.75) is 24.0 Å². The first kappa shape index (κ1) is 22.7. The van der Waals surface area contributed by atoms with E-state index in [4.69, 9.17) is 4.74 Å². The summed E-state index contributed by atoms with van der Waals surface area (Å²) in [6.45, 7) is 10.3. The first-order valence-electron chi connectivity index (χ1n) is 9.93. The summed E-state index contributed by atoms with van der Waals surface area (Å²) in [5, 5.41) is 0. The summed E-state index contributed by atoms with van der Waals surface area (Å²) >= 11 is 0. The maximum absolute atomic E-state index is 13.2. The van der Waals surface area contributed by atoms with Crippen molar-refractivity contribution in [2.24, 2.45) is 0 Å². The lowest BCUT2D eigenvalue weighted by Crippen LogP contribution is -2.31. The highest BCUT2D eigenvalue weighted by atomic mass is 32.2. The van der Waals surface area contributed by atoms with Gasteiger partial charge in [-0.05, 0) is 41.3 Å². The number of benzene rings is 3. The molecule has 0 bridgehead atoms. The lowest BCUT2D eigenvalue weighted by Gasteiger charge is -2.27. The number of methoxy groups -OCH3 is 1. The molecule has 3 rings (SSSR count). The van der Waals surface area contributed by atoms with Crippen molar-refractivity contribution in [2.75, 3.05) is 7.11 Å². The molecule has 0 saturated heterocycles. The summed E-state index contributed by atoms with van der Waals surface area (Å²) in [4.78, 5) is 0.198. The molecule has 1 N–H and O–H groups in total. The van der Waals surface area contributed by atoms with Gasteiger partial charge in [0.05, 0.1) is 10.9 Å². The van der Waals surface area contributed by atoms with Gasteiger partial charge in [0.15, 0.2) is 0 Å². The summed E-state index contributed by atoms with van der Waals surface area (Å²) in [7, 11) is -2.19. The van der Waals surface area contributed by atoms with Gasteiger partial charge in [-0.25, -0.2) is 8.42 Å². The third kappa shape index (κ3) is 5.39. The van der Waals surface area contributed by atoms with E-state index in [-0.39, 0.29) is 4.90 Å². The largest absolute Gasteiger partial charge is 0.372 e. The Kier molecular flexibility index (Phi) is 7.23. The number of ether oxygens (including phenoxy) is 1. The van der Waals surface area contributed by atoms with Gasteiger partial charge in [-0.3, -0.25) is 0 Å². The molecule has 0 spiro atoms. The van der Waals surface area contributed by atoms with Crippen LogP contribution >= 0.6 is 0 Å². The highest BCUT2D eigenvalue weighted by Crippen LogP contribution is 2.35. The Balaban J connectivity index is 1.96. The standard InChI is InChI=1S/C26H27NO3S/c1-19-15-17-24(18-16-19)31(28,29)27-25(22-11-7-5-8-12-22)20(2)21(3)26(30-4)23-13-9-6-10-14-23/h5-18,25-27H,2-3H2,1,4H3/t25-,26+/m0/s1. The molecule has 160 valence electrons. The number of nitrogens with one attached hydrogen (secondary N) is 1. The number of hydrogen-bond donors (Lipinski definition) is 1. The molecular weight excluding hydrogens is 406 g/mol. The Morgan fingerprint density at radius 2 is 1.32 bits per heavy atom. The van der Waals surface area contributed by atoms with Gasteiger partial charge in [0.25, 0.3) is 0 Å². The molecule has 0 heterocycles. The van der Waals surface area contributed by atoms with Gasteiger partial charge in [-0.2, -0.15) is 4.72 Å². The summed E-state index contributed by atoms with van der Waals surface area (Å²) < 4.78 is 34.8. The first-order chi connectivity index (χ1) is 14.8. The van der Waals surface area contributed by atoms with E-state index in [1.165, 1.54) is 0 Å². The van der Waals surface area contributed by atoms with Crippen LogP contribution in [0.15, 0.2) is 114 Å². The Bertz CT molecular complexity index is 1140. The van der Waals surface area contributed by atoms with Crippen molar-refractivity contribution in [3.8, 4) is 0 Å². The van der Waals surface area contributed by atoms with Gasteiger partial charge in [-0.15, -0.1) is 0 Å².